The molecular formula is C15H12F3N7O. The van der Waals surface area contributed by atoms with E-state index in [0.717, 1.165) is 17.0 Å². The molecule has 1 heterocycles. The molecule has 0 aliphatic carbocycles. The van der Waals surface area contributed by atoms with E-state index >= 15 is 0 Å². The molecule has 3 aromatic rings. The Morgan fingerprint density at radius 1 is 1.15 bits per heavy atom. The number of rotatable bonds is 3. The summed E-state index contributed by atoms with van der Waals surface area (Å²) in [6.07, 6.45) is -4.57. The number of amides is 2. The normalized spacial score (nSPS) is 11.3. The summed E-state index contributed by atoms with van der Waals surface area (Å²) in [6.45, 7) is 0. The van der Waals surface area contributed by atoms with Crippen molar-refractivity contribution in [3.8, 4) is 11.4 Å². The number of carbonyl (C=O) groups excluding carboxylic acids is 1. The van der Waals surface area contributed by atoms with E-state index < -0.39 is 17.8 Å². The number of nitrogens with two attached hydrogens (primary N) is 2. The maximum Gasteiger partial charge on any atom is 0.416 e. The molecule has 0 aliphatic rings. The van der Waals surface area contributed by atoms with Gasteiger partial charge in [0, 0.05) is 11.3 Å². The van der Waals surface area contributed by atoms with Crippen molar-refractivity contribution < 1.29 is 18.0 Å². The van der Waals surface area contributed by atoms with E-state index in [1.807, 2.05) is 0 Å². The van der Waals surface area contributed by atoms with E-state index in [4.69, 9.17) is 11.5 Å². The maximum absolute atomic E-state index is 13.0. The predicted molar refractivity (Wildman–Crippen MR) is 87.2 cm³/mol. The third kappa shape index (κ3) is 3.27. The summed E-state index contributed by atoms with van der Waals surface area (Å²) in [5, 5.41) is 13.2. The Morgan fingerprint density at radius 2 is 1.92 bits per heavy atom. The van der Waals surface area contributed by atoms with Gasteiger partial charge in [-0.2, -0.15) is 13.2 Å². The highest BCUT2D eigenvalue weighted by molar-refractivity contribution is 6.02. The number of aromatic nitrogens is 4. The van der Waals surface area contributed by atoms with Crippen molar-refractivity contribution in [1.82, 2.24) is 20.6 Å². The standard InChI is InChI=1S/C15H12F3N7O/c16-15(17,18)8-2-1-3-10(6-8)25(14(20)26)12-5-4-9(19)7-11(12)13-21-23-24-22-13/h1-7H,19H2,(H2,20,26)(H,21,22,23,24). The van der Waals surface area contributed by atoms with Crippen LogP contribution in [0.3, 0.4) is 0 Å². The van der Waals surface area contributed by atoms with Crippen LogP contribution in [0.15, 0.2) is 42.5 Å². The summed E-state index contributed by atoms with van der Waals surface area (Å²) in [5.74, 6) is 0.172. The van der Waals surface area contributed by atoms with Gasteiger partial charge >= 0.3 is 12.2 Å². The zero-order valence-corrected chi connectivity index (χ0v) is 13.0. The number of urea groups is 1. The third-order valence-corrected chi connectivity index (χ3v) is 3.51. The predicted octanol–water partition coefficient (Wildman–Crippen LogP) is 2.68. The van der Waals surface area contributed by atoms with Crippen LogP contribution in [0.1, 0.15) is 5.56 Å². The lowest BCUT2D eigenvalue weighted by Gasteiger charge is -2.24. The Bertz CT molecular complexity index is 941. The molecule has 0 fully saturated rings. The number of alkyl halides is 3. The zero-order valence-electron chi connectivity index (χ0n) is 13.0. The topological polar surface area (TPSA) is 127 Å². The van der Waals surface area contributed by atoms with E-state index in [0.29, 0.717) is 11.3 Å². The van der Waals surface area contributed by atoms with Gasteiger partial charge < -0.3 is 11.5 Å². The Hall–Kier alpha value is -3.63. The molecule has 26 heavy (non-hydrogen) atoms. The highest BCUT2D eigenvalue weighted by atomic mass is 19.4. The molecule has 5 N–H and O–H groups in total. The molecule has 0 atom stereocenters. The van der Waals surface area contributed by atoms with E-state index in [1.54, 1.807) is 0 Å². The molecule has 0 saturated carbocycles. The van der Waals surface area contributed by atoms with Crippen molar-refractivity contribution in [2.24, 2.45) is 5.73 Å². The number of carbonyl (C=O) groups is 1. The molecule has 11 heteroatoms. The van der Waals surface area contributed by atoms with Gasteiger partial charge in [0.1, 0.15) is 0 Å². The number of tetrazole rings is 1. The summed E-state index contributed by atoms with van der Waals surface area (Å²) < 4.78 is 39.0. The lowest BCUT2D eigenvalue weighted by atomic mass is 10.1. The fourth-order valence-corrected chi connectivity index (χ4v) is 2.42. The summed E-state index contributed by atoms with van der Waals surface area (Å²) in [6, 6.07) is 7.64. The number of anilines is 3. The Morgan fingerprint density at radius 3 is 2.54 bits per heavy atom. The van der Waals surface area contributed by atoms with Crippen molar-refractivity contribution in [1.29, 1.82) is 0 Å². The minimum absolute atomic E-state index is 0.0641. The van der Waals surface area contributed by atoms with Crippen molar-refractivity contribution in [2.45, 2.75) is 6.18 Å². The van der Waals surface area contributed by atoms with Crippen LogP contribution in [-0.4, -0.2) is 26.7 Å². The van der Waals surface area contributed by atoms with Gasteiger partial charge in [-0.15, -0.1) is 5.10 Å². The highest BCUT2D eigenvalue weighted by Crippen LogP contribution is 2.37. The van der Waals surface area contributed by atoms with Gasteiger partial charge in [-0.25, -0.2) is 9.89 Å². The number of nitrogens with zero attached hydrogens (tertiary/aromatic N) is 4. The number of H-pyrrole nitrogens is 1. The first kappa shape index (κ1) is 17.2. The van der Waals surface area contributed by atoms with Crippen LogP contribution in [0.2, 0.25) is 0 Å². The van der Waals surface area contributed by atoms with E-state index in [-0.39, 0.29) is 17.2 Å². The lowest BCUT2D eigenvalue weighted by Crippen LogP contribution is -2.32. The second kappa shape index (κ2) is 6.35. The number of primary amides is 1. The van der Waals surface area contributed by atoms with Crippen LogP contribution >= 0.6 is 0 Å². The third-order valence-electron chi connectivity index (χ3n) is 3.51. The SMILES string of the molecule is NC(=O)N(c1cccc(C(F)(F)F)c1)c1ccc(N)cc1-c1nnn[nH]1. The Kier molecular flexibility index (Phi) is 4.20. The minimum atomic E-state index is -4.57. The van der Waals surface area contributed by atoms with Crippen molar-refractivity contribution in [3.05, 3.63) is 48.0 Å². The number of hydrogen-bond donors (Lipinski definition) is 3. The molecule has 8 nitrogen and oxygen atoms in total. The molecule has 0 radical (unpaired) electrons. The number of aromatic amines is 1. The summed E-state index contributed by atoms with van der Waals surface area (Å²) in [4.78, 5) is 13.0. The molecular weight excluding hydrogens is 351 g/mol. The first-order valence-corrected chi connectivity index (χ1v) is 7.18. The summed E-state index contributed by atoms with van der Waals surface area (Å²) in [5.41, 5.74) is 11.0. The van der Waals surface area contributed by atoms with Gasteiger partial charge in [-0.05, 0) is 46.8 Å². The van der Waals surface area contributed by atoms with E-state index in [2.05, 4.69) is 20.6 Å². The first-order chi connectivity index (χ1) is 12.3. The largest absolute Gasteiger partial charge is 0.416 e. The van der Waals surface area contributed by atoms with Crippen LogP contribution in [0, 0.1) is 0 Å². The number of nitrogens with one attached hydrogen (secondary N) is 1. The van der Waals surface area contributed by atoms with Crippen LogP contribution < -0.4 is 16.4 Å². The van der Waals surface area contributed by atoms with Crippen molar-refractivity contribution in [3.63, 3.8) is 0 Å². The van der Waals surface area contributed by atoms with Crippen LogP contribution in [0.25, 0.3) is 11.4 Å². The lowest BCUT2D eigenvalue weighted by molar-refractivity contribution is -0.137. The molecule has 1 aromatic heterocycles. The molecule has 2 aromatic carbocycles. The average Bonchev–Trinajstić information content (AvgIpc) is 3.10. The van der Waals surface area contributed by atoms with Crippen LogP contribution in [0.4, 0.5) is 35.0 Å². The Labute approximate surface area is 144 Å². The van der Waals surface area contributed by atoms with Gasteiger partial charge in [0.2, 0.25) is 0 Å². The number of hydrogen-bond acceptors (Lipinski definition) is 5. The van der Waals surface area contributed by atoms with Gasteiger partial charge in [-0.3, -0.25) is 4.90 Å². The zero-order chi connectivity index (χ0) is 18.9. The van der Waals surface area contributed by atoms with Gasteiger partial charge in [0.05, 0.1) is 16.9 Å². The molecule has 0 spiro atoms. The monoisotopic (exact) mass is 363 g/mol. The van der Waals surface area contributed by atoms with E-state index in [1.165, 1.54) is 30.3 Å². The molecule has 0 saturated heterocycles. The smallest absolute Gasteiger partial charge is 0.399 e. The number of benzene rings is 2. The number of nitrogen functional groups attached to an aromatic ring is 1. The van der Waals surface area contributed by atoms with Crippen molar-refractivity contribution >= 4 is 23.1 Å². The molecule has 134 valence electrons. The van der Waals surface area contributed by atoms with E-state index in [9.17, 15) is 18.0 Å². The quantitative estimate of drug-likeness (QED) is 0.617. The first-order valence-electron chi connectivity index (χ1n) is 7.18. The molecule has 0 bridgehead atoms. The molecule has 0 aliphatic heterocycles. The van der Waals surface area contributed by atoms with Gasteiger partial charge in [-0.1, -0.05) is 6.07 Å². The molecule has 3 rings (SSSR count). The molecule has 0 unspecified atom stereocenters. The van der Waals surface area contributed by atoms with Crippen LogP contribution in [-0.2, 0) is 6.18 Å². The summed E-state index contributed by atoms with van der Waals surface area (Å²) in [7, 11) is 0. The summed E-state index contributed by atoms with van der Waals surface area (Å²) >= 11 is 0. The minimum Gasteiger partial charge on any atom is -0.399 e. The fourth-order valence-electron chi connectivity index (χ4n) is 2.42. The highest BCUT2D eigenvalue weighted by Gasteiger charge is 2.31. The maximum atomic E-state index is 13.0. The van der Waals surface area contributed by atoms with Crippen molar-refractivity contribution in [2.75, 3.05) is 10.6 Å². The fraction of sp³-hybridized carbons (Fsp3) is 0.0667. The second-order valence-corrected chi connectivity index (χ2v) is 5.25. The van der Waals surface area contributed by atoms with Gasteiger partial charge in [0.25, 0.3) is 0 Å². The second-order valence-electron chi connectivity index (χ2n) is 5.25. The average molecular weight is 363 g/mol. The Balaban J connectivity index is 2.18. The van der Waals surface area contributed by atoms with Crippen LogP contribution in [0.5, 0.6) is 0 Å². The number of halogens is 3. The van der Waals surface area contributed by atoms with Gasteiger partial charge in [0.15, 0.2) is 5.82 Å². The molecule has 2 amide bonds.